The van der Waals surface area contributed by atoms with Gasteiger partial charge in [0.15, 0.2) is 0 Å². The molecule has 0 aliphatic carbocycles. The van der Waals surface area contributed by atoms with Gasteiger partial charge in [-0.05, 0) is 36.8 Å². The number of nitro groups is 1. The molecule has 100 valence electrons. The SMILES string of the molecule is Cc1ccc(Nc2ccc3[nH]ncc3c2)c([N+](=O)[O-])c1. The fraction of sp³-hybridized carbons (Fsp3) is 0.0714. The quantitative estimate of drug-likeness (QED) is 0.562. The maximum absolute atomic E-state index is 11.1. The van der Waals surface area contributed by atoms with Crippen LogP contribution in [0.3, 0.4) is 0 Å². The molecule has 1 heterocycles. The van der Waals surface area contributed by atoms with Crippen molar-refractivity contribution in [2.45, 2.75) is 6.92 Å². The smallest absolute Gasteiger partial charge is 0.292 e. The largest absolute Gasteiger partial charge is 0.350 e. The predicted octanol–water partition coefficient (Wildman–Crippen LogP) is 3.52. The first-order chi connectivity index (χ1) is 9.63. The summed E-state index contributed by atoms with van der Waals surface area (Å²) in [5, 5.41) is 21.9. The Hall–Kier alpha value is -2.89. The number of aromatic amines is 1. The summed E-state index contributed by atoms with van der Waals surface area (Å²) in [7, 11) is 0. The second kappa shape index (κ2) is 4.65. The Kier molecular flexibility index (Phi) is 2.83. The van der Waals surface area contributed by atoms with Crippen LogP contribution in [0.2, 0.25) is 0 Å². The Bertz CT molecular complexity index is 795. The van der Waals surface area contributed by atoms with Crippen molar-refractivity contribution in [3.8, 4) is 0 Å². The third kappa shape index (κ3) is 2.18. The van der Waals surface area contributed by atoms with E-state index < -0.39 is 0 Å². The summed E-state index contributed by atoms with van der Waals surface area (Å²) in [5.74, 6) is 0. The number of rotatable bonds is 3. The average Bonchev–Trinajstić information content (AvgIpc) is 2.88. The molecular weight excluding hydrogens is 256 g/mol. The summed E-state index contributed by atoms with van der Waals surface area (Å²) >= 11 is 0. The minimum absolute atomic E-state index is 0.0669. The van der Waals surface area contributed by atoms with Crippen molar-refractivity contribution in [2.24, 2.45) is 0 Å². The summed E-state index contributed by atoms with van der Waals surface area (Å²) in [6, 6.07) is 10.7. The first kappa shape index (κ1) is 12.2. The zero-order chi connectivity index (χ0) is 14.1. The maximum Gasteiger partial charge on any atom is 0.292 e. The Morgan fingerprint density at radius 3 is 2.90 bits per heavy atom. The van der Waals surface area contributed by atoms with Gasteiger partial charge in [0.1, 0.15) is 5.69 Å². The van der Waals surface area contributed by atoms with Crippen molar-refractivity contribution >= 4 is 28.0 Å². The van der Waals surface area contributed by atoms with Gasteiger partial charge in [-0.1, -0.05) is 6.07 Å². The van der Waals surface area contributed by atoms with Crippen LogP contribution in [0, 0.1) is 17.0 Å². The Balaban J connectivity index is 1.99. The van der Waals surface area contributed by atoms with E-state index in [0.29, 0.717) is 5.69 Å². The molecule has 6 nitrogen and oxygen atoms in total. The minimum atomic E-state index is -0.383. The van der Waals surface area contributed by atoms with Crippen LogP contribution in [0.15, 0.2) is 42.6 Å². The lowest BCUT2D eigenvalue weighted by Crippen LogP contribution is -1.97. The molecule has 0 spiro atoms. The van der Waals surface area contributed by atoms with Crippen LogP contribution < -0.4 is 5.32 Å². The van der Waals surface area contributed by atoms with E-state index in [4.69, 9.17) is 0 Å². The monoisotopic (exact) mass is 268 g/mol. The molecule has 0 aliphatic heterocycles. The number of H-pyrrole nitrogens is 1. The van der Waals surface area contributed by atoms with Crippen molar-refractivity contribution in [1.29, 1.82) is 0 Å². The van der Waals surface area contributed by atoms with E-state index in [1.807, 2.05) is 31.2 Å². The van der Waals surface area contributed by atoms with Gasteiger partial charge in [-0.2, -0.15) is 5.10 Å². The molecule has 6 heteroatoms. The molecule has 0 amide bonds. The van der Waals surface area contributed by atoms with Gasteiger partial charge in [-0.3, -0.25) is 15.2 Å². The number of fused-ring (bicyclic) bond motifs is 1. The average molecular weight is 268 g/mol. The third-order valence-corrected chi connectivity index (χ3v) is 3.07. The standard InChI is InChI=1S/C14H12N4O2/c1-9-2-4-13(14(6-9)18(19)20)16-11-3-5-12-10(7-11)8-15-17-12/h2-8,16H,1H3,(H,15,17). The van der Waals surface area contributed by atoms with Gasteiger partial charge >= 0.3 is 0 Å². The van der Waals surface area contributed by atoms with Crippen molar-refractivity contribution in [3.05, 3.63) is 58.3 Å². The maximum atomic E-state index is 11.1. The van der Waals surface area contributed by atoms with E-state index in [-0.39, 0.29) is 10.6 Å². The first-order valence-electron chi connectivity index (χ1n) is 6.09. The molecule has 2 aromatic carbocycles. The molecule has 0 saturated heterocycles. The normalized spacial score (nSPS) is 10.7. The topological polar surface area (TPSA) is 83.8 Å². The number of hydrogen-bond donors (Lipinski definition) is 2. The number of anilines is 2. The predicted molar refractivity (Wildman–Crippen MR) is 77.2 cm³/mol. The first-order valence-corrected chi connectivity index (χ1v) is 6.09. The summed E-state index contributed by atoms with van der Waals surface area (Å²) in [6.07, 6.45) is 1.71. The summed E-state index contributed by atoms with van der Waals surface area (Å²) < 4.78 is 0. The molecule has 0 saturated carbocycles. The van der Waals surface area contributed by atoms with Crippen LogP contribution in [0.1, 0.15) is 5.56 Å². The summed E-state index contributed by atoms with van der Waals surface area (Å²) in [4.78, 5) is 10.7. The highest BCUT2D eigenvalue weighted by atomic mass is 16.6. The Labute approximate surface area is 114 Å². The lowest BCUT2D eigenvalue weighted by atomic mass is 10.1. The molecule has 2 N–H and O–H groups in total. The molecule has 0 atom stereocenters. The number of aromatic nitrogens is 2. The molecule has 3 aromatic rings. The molecule has 3 rings (SSSR count). The fourth-order valence-corrected chi connectivity index (χ4v) is 2.07. The third-order valence-electron chi connectivity index (χ3n) is 3.07. The van der Waals surface area contributed by atoms with Crippen LogP contribution in [0.4, 0.5) is 17.1 Å². The van der Waals surface area contributed by atoms with Gasteiger partial charge in [0.25, 0.3) is 5.69 Å². The van der Waals surface area contributed by atoms with Crippen LogP contribution in [-0.4, -0.2) is 15.1 Å². The zero-order valence-electron chi connectivity index (χ0n) is 10.8. The van der Waals surface area contributed by atoms with Crippen LogP contribution in [-0.2, 0) is 0 Å². The van der Waals surface area contributed by atoms with Crippen LogP contribution >= 0.6 is 0 Å². The van der Waals surface area contributed by atoms with Crippen LogP contribution in [0.5, 0.6) is 0 Å². The van der Waals surface area contributed by atoms with E-state index in [9.17, 15) is 10.1 Å². The van der Waals surface area contributed by atoms with E-state index in [1.165, 1.54) is 0 Å². The van der Waals surface area contributed by atoms with Crippen LogP contribution in [0.25, 0.3) is 10.9 Å². The van der Waals surface area contributed by atoms with Crippen molar-refractivity contribution in [3.63, 3.8) is 0 Å². The molecule has 20 heavy (non-hydrogen) atoms. The van der Waals surface area contributed by atoms with E-state index in [0.717, 1.165) is 22.2 Å². The van der Waals surface area contributed by atoms with Crippen molar-refractivity contribution in [2.75, 3.05) is 5.32 Å². The zero-order valence-corrected chi connectivity index (χ0v) is 10.8. The fourth-order valence-electron chi connectivity index (χ4n) is 2.07. The van der Waals surface area contributed by atoms with Gasteiger partial charge in [-0.15, -0.1) is 0 Å². The summed E-state index contributed by atoms with van der Waals surface area (Å²) in [6.45, 7) is 1.83. The molecular formula is C14H12N4O2. The van der Waals surface area contributed by atoms with E-state index in [2.05, 4.69) is 15.5 Å². The molecule has 0 bridgehead atoms. The number of nitrogens with one attached hydrogen (secondary N) is 2. The highest BCUT2D eigenvalue weighted by Gasteiger charge is 2.13. The van der Waals surface area contributed by atoms with Crippen molar-refractivity contribution < 1.29 is 4.92 Å². The second-order valence-electron chi connectivity index (χ2n) is 4.57. The number of hydrogen-bond acceptors (Lipinski definition) is 4. The lowest BCUT2D eigenvalue weighted by Gasteiger charge is -2.07. The number of nitro benzene ring substituents is 1. The molecule has 0 unspecified atom stereocenters. The number of nitrogens with zero attached hydrogens (tertiary/aromatic N) is 2. The second-order valence-corrected chi connectivity index (χ2v) is 4.57. The van der Waals surface area contributed by atoms with E-state index >= 15 is 0 Å². The van der Waals surface area contributed by atoms with Gasteiger partial charge < -0.3 is 5.32 Å². The van der Waals surface area contributed by atoms with Gasteiger partial charge in [0, 0.05) is 17.1 Å². The Morgan fingerprint density at radius 2 is 2.10 bits per heavy atom. The van der Waals surface area contributed by atoms with E-state index in [1.54, 1.807) is 18.3 Å². The molecule has 1 aromatic heterocycles. The van der Waals surface area contributed by atoms with Gasteiger partial charge in [0.2, 0.25) is 0 Å². The van der Waals surface area contributed by atoms with Crippen molar-refractivity contribution in [1.82, 2.24) is 10.2 Å². The van der Waals surface area contributed by atoms with Gasteiger partial charge in [-0.25, -0.2) is 0 Å². The number of benzene rings is 2. The number of aryl methyl sites for hydroxylation is 1. The van der Waals surface area contributed by atoms with Gasteiger partial charge in [0.05, 0.1) is 16.6 Å². The minimum Gasteiger partial charge on any atom is -0.350 e. The molecule has 0 radical (unpaired) electrons. The lowest BCUT2D eigenvalue weighted by molar-refractivity contribution is -0.384. The Morgan fingerprint density at radius 1 is 1.25 bits per heavy atom. The summed E-state index contributed by atoms with van der Waals surface area (Å²) in [5.41, 5.74) is 3.10. The molecule has 0 fully saturated rings. The highest BCUT2D eigenvalue weighted by molar-refractivity contribution is 5.83. The molecule has 0 aliphatic rings. The highest BCUT2D eigenvalue weighted by Crippen LogP contribution is 2.29.